The van der Waals surface area contributed by atoms with Gasteiger partial charge in [0, 0.05) is 12.5 Å². The van der Waals surface area contributed by atoms with Gasteiger partial charge in [-0.25, -0.2) is 0 Å². The molecule has 0 spiro atoms. The Morgan fingerprint density at radius 2 is 1.23 bits per heavy atom. The Morgan fingerprint density at radius 1 is 0.773 bits per heavy atom. The molecule has 3 atom stereocenters. The lowest BCUT2D eigenvalue weighted by Gasteiger charge is -2.21. The van der Waals surface area contributed by atoms with Crippen molar-refractivity contribution in [1.29, 1.82) is 0 Å². The van der Waals surface area contributed by atoms with Gasteiger partial charge in [0.05, 0.1) is 12.2 Å². The maximum Gasteiger partial charge on any atom is 0.0714 e. The first kappa shape index (κ1) is 21.9. The standard InChI is InChI=1S/C19H41NO2/c1-4-5-6-7-8-9-10-11-12-13-14-15-18(21)16-19(22)17(2)20-3/h17-22H,4-16H2,1-3H3/t17-,18-,19-/m0/s1. The molecule has 0 heterocycles. The topological polar surface area (TPSA) is 52.5 Å². The van der Waals surface area contributed by atoms with Crippen molar-refractivity contribution in [2.24, 2.45) is 0 Å². The van der Waals surface area contributed by atoms with Crippen molar-refractivity contribution < 1.29 is 10.2 Å². The van der Waals surface area contributed by atoms with E-state index in [0.717, 1.165) is 12.8 Å². The van der Waals surface area contributed by atoms with Crippen LogP contribution in [0, 0.1) is 0 Å². The van der Waals surface area contributed by atoms with E-state index in [2.05, 4.69) is 12.2 Å². The molecule has 0 saturated carbocycles. The zero-order valence-corrected chi connectivity index (χ0v) is 15.3. The molecule has 0 amide bonds. The first-order valence-electron chi connectivity index (χ1n) is 9.65. The van der Waals surface area contributed by atoms with E-state index in [4.69, 9.17) is 0 Å². The van der Waals surface area contributed by atoms with Crippen LogP contribution >= 0.6 is 0 Å². The van der Waals surface area contributed by atoms with Gasteiger partial charge in [-0.3, -0.25) is 0 Å². The Labute approximate surface area is 138 Å². The van der Waals surface area contributed by atoms with E-state index in [9.17, 15) is 10.2 Å². The molecule has 134 valence electrons. The largest absolute Gasteiger partial charge is 0.393 e. The summed E-state index contributed by atoms with van der Waals surface area (Å²) < 4.78 is 0. The molecule has 3 N–H and O–H groups in total. The monoisotopic (exact) mass is 315 g/mol. The summed E-state index contributed by atoms with van der Waals surface area (Å²) in [5.74, 6) is 0. The van der Waals surface area contributed by atoms with Crippen LogP contribution < -0.4 is 5.32 Å². The Morgan fingerprint density at radius 3 is 1.68 bits per heavy atom. The molecule has 0 saturated heterocycles. The van der Waals surface area contributed by atoms with E-state index in [0.29, 0.717) is 6.42 Å². The van der Waals surface area contributed by atoms with Crippen molar-refractivity contribution in [2.45, 2.75) is 116 Å². The Bertz CT molecular complexity index is 223. The van der Waals surface area contributed by atoms with Crippen LogP contribution in [0.25, 0.3) is 0 Å². The second-order valence-corrected chi connectivity index (χ2v) is 6.86. The average Bonchev–Trinajstić information content (AvgIpc) is 2.51. The van der Waals surface area contributed by atoms with Gasteiger partial charge in [-0.1, -0.05) is 77.6 Å². The summed E-state index contributed by atoms with van der Waals surface area (Å²) >= 11 is 0. The summed E-state index contributed by atoms with van der Waals surface area (Å²) in [6.45, 7) is 4.21. The SMILES string of the molecule is CCCCCCCCCCCCC[C@H](O)C[C@H](O)[C@H](C)NC. The van der Waals surface area contributed by atoms with Crippen LogP contribution in [-0.2, 0) is 0 Å². The van der Waals surface area contributed by atoms with Gasteiger partial charge in [0.2, 0.25) is 0 Å². The predicted octanol–water partition coefficient (Wildman–Crippen LogP) is 4.41. The van der Waals surface area contributed by atoms with Crippen LogP contribution in [0.15, 0.2) is 0 Å². The van der Waals surface area contributed by atoms with Gasteiger partial charge in [0.1, 0.15) is 0 Å². The fraction of sp³-hybridized carbons (Fsp3) is 1.00. The normalized spacial score (nSPS) is 15.7. The minimum absolute atomic E-state index is 0.0481. The molecule has 0 aliphatic rings. The van der Waals surface area contributed by atoms with Gasteiger partial charge in [-0.2, -0.15) is 0 Å². The number of unbranched alkanes of at least 4 members (excludes halogenated alkanes) is 10. The third-order valence-corrected chi connectivity index (χ3v) is 4.69. The zero-order valence-electron chi connectivity index (χ0n) is 15.3. The van der Waals surface area contributed by atoms with Crippen LogP contribution in [-0.4, -0.2) is 35.5 Å². The smallest absolute Gasteiger partial charge is 0.0714 e. The van der Waals surface area contributed by atoms with Gasteiger partial charge >= 0.3 is 0 Å². The minimum Gasteiger partial charge on any atom is -0.393 e. The Balaban J connectivity index is 3.28. The summed E-state index contributed by atoms with van der Waals surface area (Å²) in [6, 6.07) is 0.0481. The number of hydrogen-bond acceptors (Lipinski definition) is 3. The summed E-state index contributed by atoms with van der Waals surface area (Å²) in [7, 11) is 1.84. The lowest BCUT2D eigenvalue weighted by atomic mass is 10.0. The van der Waals surface area contributed by atoms with Gasteiger partial charge in [0.15, 0.2) is 0 Å². The quantitative estimate of drug-likeness (QED) is 0.370. The maximum absolute atomic E-state index is 9.92. The molecule has 0 unspecified atom stereocenters. The molecule has 0 bridgehead atoms. The van der Waals surface area contributed by atoms with E-state index in [1.165, 1.54) is 64.2 Å². The second-order valence-electron chi connectivity index (χ2n) is 6.86. The summed E-state index contributed by atoms with van der Waals surface area (Å²) in [5.41, 5.74) is 0. The van der Waals surface area contributed by atoms with E-state index in [1.54, 1.807) is 0 Å². The molecule has 22 heavy (non-hydrogen) atoms. The van der Waals surface area contributed by atoms with E-state index in [1.807, 2.05) is 14.0 Å². The number of aliphatic hydroxyl groups is 2. The first-order valence-corrected chi connectivity index (χ1v) is 9.65. The maximum atomic E-state index is 9.92. The number of likely N-dealkylation sites (N-methyl/N-ethyl adjacent to an activating group) is 1. The molecule has 0 aromatic heterocycles. The van der Waals surface area contributed by atoms with E-state index >= 15 is 0 Å². The number of nitrogens with one attached hydrogen (secondary N) is 1. The van der Waals surface area contributed by atoms with Gasteiger partial charge in [-0.15, -0.1) is 0 Å². The number of aliphatic hydroxyl groups excluding tert-OH is 2. The van der Waals surface area contributed by atoms with Crippen LogP contribution in [0.1, 0.15) is 97.3 Å². The third kappa shape index (κ3) is 13.5. The average molecular weight is 316 g/mol. The lowest BCUT2D eigenvalue weighted by molar-refractivity contribution is 0.0570. The lowest BCUT2D eigenvalue weighted by Crippen LogP contribution is -2.37. The molecule has 3 heteroatoms. The zero-order chi connectivity index (χ0) is 16.6. The highest BCUT2D eigenvalue weighted by Crippen LogP contribution is 2.14. The highest BCUT2D eigenvalue weighted by atomic mass is 16.3. The van der Waals surface area contributed by atoms with Gasteiger partial charge < -0.3 is 15.5 Å². The second kappa shape index (κ2) is 15.8. The van der Waals surface area contributed by atoms with Crippen LogP contribution in [0.4, 0.5) is 0 Å². The summed E-state index contributed by atoms with van der Waals surface area (Å²) in [6.07, 6.45) is 15.1. The molecular weight excluding hydrogens is 274 g/mol. The molecular formula is C19H41NO2. The van der Waals surface area contributed by atoms with Crippen molar-refractivity contribution >= 4 is 0 Å². The molecule has 0 aliphatic heterocycles. The molecule has 0 radical (unpaired) electrons. The van der Waals surface area contributed by atoms with E-state index in [-0.39, 0.29) is 12.1 Å². The Hall–Kier alpha value is -0.120. The van der Waals surface area contributed by atoms with Gasteiger partial charge in [-0.05, 0) is 20.4 Å². The summed E-state index contributed by atoms with van der Waals surface area (Å²) in [5, 5.41) is 22.8. The van der Waals surface area contributed by atoms with Crippen molar-refractivity contribution in [3.05, 3.63) is 0 Å². The molecule has 3 nitrogen and oxygen atoms in total. The molecule has 0 aromatic rings. The molecule has 0 aromatic carbocycles. The molecule has 0 aliphatic carbocycles. The predicted molar refractivity (Wildman–Crippen MR) is 96.2 cm³/mol. The highest BCUT2D eigenvalue weighted by molar-refractivity contribution is 4.72. The van der Waals surface area contributed by atoms with Crippen LogP contribution in [0.5, 0.6) is 0 Å². The van der Waals surface area contributed by atoms with Crippen molar-refractivity contribution in [1.82, 2.24) is 5.32 Å². The number of rotatable bonds is 16. The molecule has 0 fully saturated rings. The van der Waals surface area contributed by atoms with Crippen molar-refractivity contribution in [3.8, 4) is 0 Å². The van der Waals surface area contributed by atoms with Crippen molar-refractivity contribution in [2.75, 3.05) is 7.05 Å². The van der Waals surface area contributed by atoms with Crippen molar-refractivity contribution in [3.63, 3.8) is 0 Å². The summed E-state index contributed by atoms with van der Waals surface area (Å²) in [4.78, 5) is 0. The minimum atomic E-state index is -0.451. The third-order valence-electron chi connectivity index (χ3n) is 4.69. The number of hydrogen-bond donors (Lipinski definition) is 3. The fourth-order valence-electron chi connectivity index (χ4n) is 2.84. The van der Waals surface area contributed by atoms with Gasteiger partial charge in [0.25, 0.3) is 0 Å². The first-order chi connectivity index (χ1) is 10.6. The highest BCUT2D eigenvalue weighted by Gasteiger charge is 2.16. The Kier molecular flexibility index (Phi) is 15.7. The van der Waals surface area contributed by atoms with Crippen LogP contribution in [0.3, 0.4) is 0 Å². The van der Waals surface area contributed by atoms with E-state index < -0.39 is 6.10 Å². The molecule has 0 rings (SSSR count). The fourth-order valence-corrected chi connectivity index (χ4v) is 2.84. The van der Waals surface area contributed by atoms with Crippen LogP contribution in [0.2, 0.25) is 0 Å².